The van der Waals surface area contributed by atoms with Crippen LogP contribution >= 0.6 is 0 Å². The first-order chi connectivity index (χ1) is 6.22. The van der Waals surface area contributed by atoms with E-state index in [1.165, 1.54) is 0 Å². The van der Waals surface area contributed by atoms with Crippen LogP contribution in [-0.2, 0) is 4.79 Å². The van der Waals surface area contributed by atoms with Crippen LogP contribution in [0.3, 0.4) is 0 Å². The Morgan fingerprint density at radius 2 is 2.08 bits per heavy atom. The van der Waals surface area contributed by atoms with Gasteiger partial charge in [0.25, 0.3) is 0 Å². The Kier molecular flexibility index (Phi) is 7.30. The van der Waals surface area contributed by atoms with Crippen molar-refractivity contribution in [1.82, 2.24) is 0 Å². The first-order valence-corrected chi connectivity index (χ1v) is 4.75. The summed E-state index contributed by atoms with van der Waals surface area (Å²) in [5, 5.41) is 17.3. The second-order valence-corrected chi connectivity index (χ2v) is 3.00. The molecule has 0 heterocycles. The van der Waals surface area contributed by atoms with Gasteiger partial charge >= 0.3 is 5.97 Å². The average molecular weight is 186 g/mol. The predicted molar refractivity (Wildman–Crippen MR) is 51.6 cm³/mol. The maximum absolute atomic E-state index is 10.7. The number of rotatable bonds is 7. The summed E-state index contributed by atoms with van der Waals surface area (Å²) in [6.07, 6.45) is 5.57. The molecule has 0 unspecified atom stereocenters. The van der Waals surface area contributed by atoms with Crippen molar-refractivity contribution in [3.63, 3.8) is 0 Å². The number of aliphatic hydroxyl groups excluding tert-OH is 1. The van der Waals surface area contributed by atoms with Crippen molar-refractivity contribution in [2.75, 3.05) is 6.61 Å². The summed E-state index contributed by atoms with van der Waals surface area (Å²) in [7, 11) is 0. The van der Waals surface area contributed by atoms with E-state index in [0.29, 0.717) is 24.8 Å². The SMILES string of the molecule is CCCCC(=CCCCO)C(=O)O. The summed E-state index contributed by atoms with van der Waals surface area (Å²) < 4.78 is 0. The molecular formula is C10H18O3. The van der Waals surface area contributed by atoms with Crippen molar-refractivity contribution in [3.8, 4) is 0 Å². The Morgan fingerprint density at radius 1 is 1.38 bits per heavy atom. The molecule has 0 aliphatic carbocycles. The summed E-state index contributed by atoms with van der Waals surface area (Å²) in [6.45, 7) is 2.16. The molecule has 0 fully saturated rings. The fraction of sp³-hybridized carbons (Fsp3) is 0.700. The van der Waals surface area contributed by atoms with Gasteiger partial charge in [-0.15, -0.1) is 0 Å². The number of carbonyl (C=O) groups is 1. The maximum Gasteiger partial charge on any atom is 0.331 e. The minimum atomic E-state index is -0.827. The lowest BCUT2D eigenvalue weighted by Crippen LogP contribution is -2.00. The fourth-order valence-corrected chi connectivity index (χ4v) is 1.03. The number of aliphatic hydroxyl groups is 1. The van der Waals surface area contributed by atoms with Crippen LogP contribution in [0.2, 0.25) is 0 Å². The Morgan fingerprint density at radius 3 is 2.54 bits per heavy atom. The third kappa shape index (κ3) is 6.34. The summed E-state index contributed by atoms with van der Waals surface area (Å²) in [4.78, 5) is 10.7. The molecule has 0 bridgehead atoms. The first-order valence-electron chi connectivity index (χ1n) is 4.75. The van der Waals surface area contributed by atoms with Crippen molar-refractivity contribution in [2.24, 2.45) is 0 Å². The molecule has 0 saturated carbocycles. The minimum Gasteiger partial charge on any atom is -0.478 e. The Bertz CT molecular complexity index is 173. The molecule has 3 nitrogen and oxygen atoms in total. The van der Waals surface area contributed by atoms with Crippen LogP contribution in [0.1, 0.15) is 39.0 Å². The minimum absolute atomic E-state index is 0.122. The molecule has 76 valence electrons. The zero-order chi connectivity index (χ0) is 10.1. The van der Waals surface area contributed by atoms with Crippen molar-refractivity contribution >= 4 is 5.97 Å². The van der Waals surface area contributed by atoms with E-state index in [4.69, 9.17) is 10.2 Å². The smallest absolute Gasteiger partial charge is 0.331 e. The number of unbranched alkanes of at least 4 members (excludes halogenated alkanes) is 2. The van der Waals surface area contributed by atoms with E-state index in [0.717, 1.165) is 12.8 Å². The number of aliphatic carboxylic acids is 1. The molecule has 0 aromatic heterocycles. The Hall–Kier alpha value is -0.830. The second kappa shape index (κ2) is 7.80. The highest BCUT2D eigenvalue weighted by Gasteiger charge is 2.04. The zero-order valence-corrected chi connectivity index (χ0v) is 8.12. The highest BCUT2D eigenvalue weighted by Crippen LogP contribution is 2.09. The average Bonchev–Trinajstić information content (AvgIpc) is 2.10. The van der Waals surface area contributed by atoms with Gasteiger partial charge in [0, 0.05) is 12.2 Å². The quantitative estimate of drug-likeness (QED) is 0.472. The van der Waals surface area contributed by atoms with Gasteiger partial charge in [0.2, 0.25) is 0 Å². The van der Waals surface area contributed by atoms with E-state index in [1.54, 1.807) is 6.08 Å². The topological polar surface area (TPSA) is 57.5 Å². The van der Waals surface area contributed by atoms with Crippen LogP contribution in [0.25, 0.3) is 0 Å². The molecule has 2 N–H and O–H groups in total. The van der Waals surface area contributed by atoms with E-state index >= 15 is 0 Å². The van der Waals surface area contributed by atoms with Gasteiger partial charge in [0.1, 0.15) is 0 Å². The monoisotopic (exact) mass is 186 g/mol. The first kappa shape index (κ1) is 12.2. The molecule has 0 rings (SSSR count). The molecule has 13 heavy (non-hydrogen) atoms. The van der Waals surface area contributed by atoms with Crippen LogP contribution in [0.5, 0.6) is 0 Å². The second-order valence-electron chi connectivity index (χ2n) is 3.00. The largest absolute Gasteiger partial charge is 0.478 e. The van der Waals surface area contributed by atoms with Crippen molar-refractivity contribution < 1.29 is 15.0 Å². The van der Waals surface area contributed by atoms with Crippen molar-refractivity contribution in [3.05, 3.63) is 11.6 Å². The van der Waals surface area contributed by atoms with E-state index in [2.05, 4.69) is 0 Å². The normalized spacial score (nSPS) is 11.7. The lowest BCUT2D eigenvalue weighted by atomic mass is 10.1. The summed E-state index contributed by atoms with van der Waals surface area (Å²) in [5.41, 5.74) is 0.482. The number of allylic oxidation sites excluding steroid dienone is 1. The molecule has 0 aliphatic heterocycles. The molecule has 0 amide bonds. The van der Waals surface area contributed by atoms with E-state index in [1.807, 2.05) is 6.92 Å². The molecule has 0 aromatic rings. The molecule has 0 aliphatic rings. The van der Waals surface area contributed by atoms with E-state index in [9.17, 15) is 4.79 Å². The summed E-state index contributed by atoms with van der Waals surface area (Å²) >= 11 is 0. The molecule has 0 atom stereocenters. The van der Waals surface area contributed by atoms with Crippen molar-refractivity contribution in [1.29, 1.82) is 0 Å². The van der Waals surface area contributed by atoms with Gasteiger partial charge in [0.15, 0.2) is 0 Å². The van der Waals surface area contributed by atoms with Crippen LogP contribution < -0.4 is 0 Å². The van der Waals surface area contributed by atoms with Gasteiger partial charge in [-0.2, -0.15) is 0 Å². The van der Waals surface area contributed by atoms with Crippen LogP contribution in [0.15, 0.2) is 11.6 Å². The maximum atomic E-state index is 10.7. The van der Waals surface area contributed by atoms with Crippen LogP contribution in [-0.4, -0.2) is 22.8 Å². The fourth-order valence-electron chi connectivity index (χ4n) is 1.03. The molecule has 0 radical (unpaired) electrons. The lowest BCUT2D eigenvalue weighted by Gasteiger charge is -2.00. The third-order valence-corrected chi connectivity index (χ3v) is 1.83. The number of hydrogen-bond acceptors (Lipinski definition) is 2. The number of hydrogen-bond donors (Lipinski definition) is 2. The summed E-state index contributed by atoms with van der Waals surface area (Å²) in [5.74, 6) is -0.827. The van der Waals surface area contributed by atoms with Crippen molar-refractivity contribution in [2.45, 2.75) is 39.0 Å². The Balaban J connectivity index is 3.92. The Labute approximate surface area is 79.1 Å². The van der Waals surface area contributed by atoms with Gasteiger partial charge in [-0.25, -0.2) is 4.79 Å². The third-order valence-electron chi connectivity index (χ3n) is 1.83. The molecule has 0 aromatic carbocycles. The van der Waals surface area contributed by atoms with Gasteiger partial charge in [-0.05, 0) is 25.7 Å². The van der Waals surface area contributed by atoms with Gasteiger partial charge in [-0.1, -0.05) is 19.4 Å². The van der Waals surface area contributed by atoms with Gasteiger partial charge in [0.05, 0.1) is 0 Å². The predicted octanol–water partition coefficient (Wildman–Crippen LogP) is 1.96. The number of carboxylic acids is 1. The lowest BCUT2D eigenvalue weighted by molar-refractivity contribution is -0.132. The highest BCUT2D eigenvalue weighted by atomic mass is 16.4. The number of carboxylic acid groups (broad SMARTS) is 1. The zero-order valence-electron chi connectivity index (χ0n) is 8.12. The van der Waals surface area contributed by atoms with Gasteiger partial charge < -0.3 is 10.2 Å². The molecule has 0 saturated heterocycles. The molecular weight excluding hydrogens is 168 g/mol. The standard InChI is InChI=1S/C10H18O3/c1-2-3-6-9(10(12)13)7-4-5-8-11/h7,11H,2-6,8H2,1H3,(H,12,13). The molecule has 0 spiro atoms. The van der Waals surface area contributed by atoms with E-state index in [-0.39, 0.29) is 6.61 Å². The van der Waals surface area contributed by atoms with Crippen LogP contribution in [0.4, 0.5) is 0 Å². The summed E-state index contributed by atoms with van der Waals surface area (Å²) in [6, 6.07) is 0. The highest BCUT2D eigenvalue weighted by molar-refractivity contribution is 5.86. The van der Waals surface area contributed by atoms with Crippen LogP contribution in [0, 0.1) is 0 Å². The van der Waals surface area contributed by atoms with E-state index < -0.39 is 5.97 Å². The molecule has 3 heteroatoms. The van der Waals surface area contributed by atoms with Gasteiger partial charge in [-0.3, -0.25) is 0 Å².